The Kier molecular flexibility index (Phi) is 33.7. The van der Waals surface area contributed by atoms with Crippen LogP contribution in [0.2, 0.25) is 0 Å². The van der Waals surface area contributed by atoms with Crippen LogP contribution in [0.15, 0.2) is 0 Å². The number of rotatable bonds is 15. The number of halogens is 4. The van der Waals surface area contributed by atoms with Crippen molar-refractivity contribution < 1.29 is 0 Å². The Bertz CT molecular complexity index is 151. The van der Waals surface area contributed by atoms with Gasteiger partial charge in [0.25, 0.3) is 0 Å². The van der Waals surface area contributed by atoms with Crippen LogP contribution in [0.3, 0.4) is 0 Å². The molecule has 0 bridgehead atoms. The Morgan fingerprint density at radius 2 is 0.667 bits per heavy atom. The molecule has 0 N–H and O–H groups in total. The average molecular weight is 452 g/mol. The van der Waals surface area contributed by atoms with E-state index in [0.29, 0.717) is 0 Å². The largest absolute Gasteiger partial charge is 0.161 e. The van der Waals surface area contributed by atoms with Gasteiger partial charge in [-0.2, -0.15) is 47.0 Å². The highest BCUT2D eigenvalue weighted by Gasteiger charge is 1.90. The van der Waals surface area contributed by atoms with E-state index < -0.39 is 0 Å². The molecular formula is C13H26Cl4S4. The lowest BCUT2D eigenvalue weighted by Crippen LogP contribution is -1.89. The fraction of sp³-hybridized carbons (Fsp3) is 1.00. The summed E-state index contributed by atoms with van der Waals surface area (Å²) in [4.78, 5) is 0. The van der Waals surface area contributed by atoms with Crippen molar-refractivity contribution >= 4 is 93.5 Å². The minimum Gasteiger partial charge on any atom is -0.161 e. The van der Waals surface area contributed by atoms with Crippen molar-refractivity contribution in [2.75, 3.05) is 69.5 Å². The maximum atomic E-state index is 5.52. The molecule has 0 aliphatic rings. The summed E-state index contributed by atoms with van der Waals surface area (Å²) in [6.45, 7) is 0. The van der Waals surface area contributed by atoms with Crippen molar-refractivity contribution in [1.82, 2.24) is 0 Å². The zero-order valence-electron chi connectivity index (χ0n) is 12.3. The summed E-state index contributed by atoms with van der Waals surface area (Å²) in [7, 11) is 0. The zero-order valence-corrected chi connectivity index (χ0v) is 18.6. The minimum absolute atomic E-state index is 0.769. The summed E-state index contributed by atoms with van der Waals surface area (Å²) >= 11 is 29.7. The molecule has 0 rings (SSSR count). The fourth-order valence-electron chi connectivity index (χ4n) is 1.01. The topological polar surface area (TPSA) is 0 Å². The Morgan fingerprint density at radius 3 is 0.952 bits per heavy atom. The van der Waals surface area contributed by atoms with Crippen molar-refractivity contribution in [3.05, 3.63) is 0 Å². The summed E-state index contributed by atoms with van der Waals surface area (Å²) in [6, 6.07) is 0. The molecule has 0 spiro atoms. The lowest BCUT2D eigenvalue weighted by Gasteiger charge is -1.98. The Balaban J connectivity index is 0. The van der Waals surface area contributed by atoms with Crippen LogP contribution in [0, 0.1) is 0 Å². The van der Waals surface area contributed by atoms with E-state index in [2.05, 4.69) is 0 Å². The van der Waals surface area contributed by atoms with Crippen LogP contribution in [-0.4, -0.2) is 69.5 Å². The lowest BCUT2D eigenvalue weighted by molar-refractivity contribution is 1.12. The highest BCUT2D eigenvalue weighted by atomic mass is 35.5. The van der Waals surface area contributed by atoms with Crippen molar-refractivity contribution in [2.24, 2.45) is 0 Å². The summed E-state index contributed by atoms with van der Waals surface area (Å²) in [5.74, 6) is 12.3. The first kappa shape index (κ1) is 25.8. The van der Waals surface area contributed by atoms with E-state index in [4.69, 9.17) is 46.4 Å². The second-order valence-electron chi connectivity index (χ2n) is 3.56. The van der Waals surface area contributed by atoms with Gasteiger partial charge in [0.05, 0.1) is 0 Å². The minimum atomic E-state index is 0.769. The Morgan fingerprint density at radius 1 is 0.381 bits per heavy atom. The molecule has 0 aromatic carbocycles. The summed E-state index contributed by atoms with van der Waals surface area (Å²) in [5.41, 5.74) is 0. The molecule has 0 atom stereocenters. The molecular weight excluding hydrogens is 426 g/mol. The molecule has 21 heavy (non-hydrogen) atoms. The second-order valence-corrected chi connectivity index (χ2v) is 9.97. The highest BCUT2D eigenvalue weighted by Crippen LogP contribution is 2.08. The van der Waals surface area contributed by atoms with Gasteiger partial charge < -0.3 is 0 Å². The van der Waals surface area contributed by atoms with E-state index >= 15 is 0 Å². The first-order valence-electron chi connectivity index (χ1n) is 6.88. The van der Waals surface area contributed by atoms with Gasteiger partial charge in [0, 0.05) is 58.0 Å². The summed E-state index contributed by atoms with van der Waals surface area (Å²) < 4.78 is 0. The third kappa shape index (κ3) is 30.9. The van der Waals surface area contributed by atoms with Crippen LogP contribution in [0.4, 0.5) is 0 Å². The predicted molar refractivity (Wildman–Crippen MR) is 117 cm³/mol. The van der Waals surface area contributed by atoms with Crippen LogP contribution in [0.25, 0.3) is 0 Å². The summed E-state index contributed by atoms with van der Waals surface area (Å²) in [6.07, 6.45) is 1.28. The second kappa shape index (κ2) is 27.4. The van der Waals surface area contributed by atoms with Crippen molar-refractivity contribution in [3.8, 4) is 0 Å². The van der Waals surface area contributed by atoms with Crippen LogP contribution < -0.4 is 0 Å². The van der Waals surface area contributed by atoms with Crippen molar-refractivity contribution in [3.63, 3.8) is 0 Å². The molecule has 8 heteroatoms. The van der Waals surface area contributed by atoms with E-state index in [1.807, 2.05) is 47.0 Å². The van der Waals surface area contributed by atoms with Gasteiger partial charge in [0.1, 0.15) is 0 Å². The third-order valence-electron chi connectivity index (χ3n) is 1.84. The van der Waals surface area contributed by atoms with Crippen LogP contribution in [0.1, 0.15) is 6.42 Å². The van der Waals surface area contributed by atoms with Gasteiger partial charge in [0.2, 0.25) is 0 Å². The standard InChI is InChI=1S/C7H14Cl2S2.C6H12Cl2S2/c8-2-6-10-4-1-5-11-7-3-9;7-1-3-9-5-6-10-4-2-8/h1-7H2;1-6H2. The molecule has 0 aliphatic heterocycles. The SMILES string of the molecule is ClCCSCCCSCCCl.ClCCSCCSCCCl. The molecule has 0 aromatic rings. The molecule has 0 saturated carbocycles. The fourth-order valence-corrected chi connectivity index (χ4v) is 5.39. The smallest absolute Gasteiger partial charge is 0.0314 e. The molecule has 0 aromatic heterocycles. The highest BCUT2D eigenvalue weighted by molar-refractivity contribution is 8.03. The first-order valence-corrected chi connectivity index (χ1v) is 13.6. The Hall–Kier alpha value is 2.56. The summed E-state index contributed by atoms with van der Waals surface area (Å²) in [5, 5.41) is 0. The van der Waals surface area contributed by atoms with Crippen LogP contribution in [-0.2, 0) is 0 Å². The van der Waals surface area contributed by atoms with E-state index in [1.54, 1.807) is 0 Å². The predicted octanol–water partition coefficient (Wildman–Crippen LogP) is 6.25. The van der Waals surface area contributed by atoms with Crippen LogP contribution >= 0.6 is 93.5 Å². The van der Waals surface area contributed by atoms with E-state index in [1.165, 1.54) is 29.4 Å². The molecule has 0 heterocycles. The average Bonchev–Trinajstić information content (AvgIpc) is 2.51. The van der Waals surface area contributed by atoms with E-state index in [0.717, 1.165) is 46.5 Å². The van der Waals surface area contributed by atoms with Gasteiger partial charge in [-0.15, -0.1) is 46.4 Å². The molecule has 0 unspecified atom stereocenters. The molecule has 0 fully saturated rings. The molecule has 0 radical (unpaired) electrons. The van der Waals surface area contributed by atoms with E-state index in [9.17, 15) is 0 Å². The maximum Gasteiger partial charge on any atom is 0.0314 e. The quantitative estimate of drug-likeness (QED) is 0.213. The monoisotopic (exact) mass is 450 g/mol. The molecule has 0 nitrogen and oxygen atoms in total. The van der Waals surface area contributed by atoms with Gasteiger partial charge in [-0.1, -0.05) is 0 Å². The molecule has 0 aliphatic carbocycles. The van der Waals surface area contributed by atoms with Gasteiger partial charge in [-0.25, -0.2) is 0 Å². The van der Waals surface area contributed by atoms with Gasteiger partial charge in [0.15, 0.2) is 0 Å². The number of hydrogen-bond donors (Lipinski definition) is 0. The maximum absolute atomic E-state index is 5.52. The number of thioether (sulfide) groups is 4. The van der Waals surface area contributed by atoms with E-state index in [-0.39, 0.29) is 0 Å². The van der Waals surface area contributed by atoms with Crippen LogP contribution in [0.5, 0.6) is 0 Å². The number of alkyl halides is 4. The molecule has 130 valence electrons. The first-order chi connectivity index (χ1) is 10.3. The number of hydrogen-bond acceptors (Lipinski definition) is 4. The Labute approximate surface area is 168 Å². The van der Waals surface area contributed by atoms with Crippen molar-refractivity contribution in [2.45, 2.75) is 6.42 Å². The zero-order chi connectivity index (χ0) is 16.0. The third-order valence-corrected chi connectivity index (χ3v) is 7.86. The molecule has 0 amide bonds. The molecule has 0 saturated heterocycles. The van der Waals surface area contributed by atoms with Gasteiger partial charge in [-0.05, 0) is 17.9 Å². The lowest BCUT2D eigenvalue weighted by atomic mass is 10.6. The van der Waals surface area contributed by atoms with Gasteiger partial charge in [-0.3, -0.25) is 0 Å². The van der Waals surface area contributed by atoms with Crippen molar-refractivity contribution in [1.29, 1.82) is 0 Å². The van der Waals surface area contributed by atoms with Gasteiger partial charge >= 0.3 is 0 Å². The normalized spacial score (nSPS) is 10.3.